The van der Waals surface area contributed by atoms with E-state index in [0.29, 0.717) is 6.42 Å². The van der Waals surface area contributed by atoms with Crippen LogP contribution in [-0.4, -0.2) is 12.5 Å². The van der Waals surface area contributed by atoms with Gasteiger partial charge in [0.1, 0.15) is 0 Å². The summed E-state index contributed by atoms with van der Waals surface area (Å²) in [6, 6.07) is 0. The van der Waals surface area contributed by atoms with Crippen molar-refractivity contribution < 1.29 is 25.1 Å². The van der Waals surface area contributed by atoms with E-state index in [1.54, 1.807) is 0 Å². The van der Waals surface area contributed by atoms with Gasteiger partial charge in [-0.2, -0.15) is 0 Å². The van der Waals surface area contributed by atoms with Gasteiger partial charge in [0.05, 0.1) is 0 Å². The molecule has 0 fully saturated rings. The molecule has 9 heavy (non-hydrogen) atoms. The molecule has 1 N–H and O–H groups in total. The predicted octanol–water partition coefficient (Wildman–Crippen LogP) is -1.96. The molecule has 0 heterocycles. The summed E-state index contributed by atoms with van der Waals surface area (Å²) in [6.07, 6.45) is 1.62. The number of rotatable bonds is 3. The van der Waals surface area contributed by atoms with Gasteiger partial charge in [-0.3, -0.25) is 4.79 Å². The molecule has 0 aromatic rings. The van der Waals surface area contributed by atoms with Crippen LogP contribution in [0.15, 0.2) is 0 Å². The molecule has 0 aromatic heterocycles. The van der Waals surface area contributed by atoms with Crippen molar-refractivity contribution in [3.05, 3.63) is 0 Å². The number of amides is 1. The minimum Gasteiger partial charge on any atom is -1.00 e. The molecule has 0 saturated carbocycles. The maximum absolute atomic E-state index is 10.5. The van der Waals surface area contributed by atoms with Gasteiger partial charge in [0, 0.05) is 13.0 Å². The van der Waals surface area contributed by atoms with Crippen molar-refractivity contribution in [2.75, 3.05) is 6.54 Å². The molecule has 0 atom stereocenters. The molecule has 0 saturated heterocycles. The van der Waals surface area contributed by atoms with Crippen molar-refractivity contribution in [3.8, 4) is 0 Å². The van der Waals surface area contributed by atoms with Crippen LogP contribution in [0.2, 0.25) is 0 Å². The summed E-state index contributed by atoms with van der Waals surface area (Å²) in [5.41, 5.74) is 0. The van der Waals surface area contributed by atoms with Crippen LogP contribution < -0.4 is 24.2 Å². The molecule has 3 heteroatoms. The molecule has 0 aliphatic rings. The summed E-state index contributed by atoms with van der Waals surface area (Å²) in [5, 5.41) is 2.74. The van der Waals surface area contributed by atoms with Crippen LogP contribution in [-0.2, 0) is 4.79 Å². The number of nitrogens with one attached hydrogen (secondary N) is 1. The van der Waals surface area contributed by atoms with Gasteiger partial charge < -0.3 is 6.74 Å². The van der Waals surface area contributed by atoms with Gasteiger partial charge >= 0.3 is 18.9 Å². The van der Waals surface area contributed by atoms with Gasteiger partial charge in [0.2, 0.25) is 5.91 Å². The SMILES string of the molecule is CCCNC(=O)CC.[H-].[Li+]. The Kier molecular flexibility index (Phi) is 10.6. The van der Waals surface area contributed by atoms with Gasteiger partial charge in [-0.15, -0.1) is 0 Å². The predicted molar refractivity (Wildman–Crippen MR) is 34.7 cm³/mol. The summed E-state index contributed by atoms with van der Waals surface area (Å²) >= 11 is 0. The van der Waals surface area contributed by atoms with Crippen LogP contribution in [0.4, 0.5) is 0 Å². The zero-order valence-corrected chi connectivity index (χ0v) is 6.53. The van der Waals surface area contributed by atoms with Crippen molar-refractivity contribution in [1.82, 2.24) is 5.32 Å². The summed E-state index contributed by atoms with van der Waals surface area (Å²) < 4.78 is 0. The summed E-state index contributed by atoms with van der Waals surface area (Å²) in [5.74, 6) is 0.145. The van der Waals surface area contributed by atoms with Crippen LogP contribution in [0.3, 0.4) is 0 Å². The number of hydrogen-bond donors (Lipinski definition) is 1. The third-order valence-electron chi connectivity index (χ3n) is 0.893. The van der Waals surface area contributed by atoms with Crippen molar-refractivity contribution in [2.24, 2.45) is 0 Å². The average Bonchev–Trinajstić information content (AvgIpc) is 1.83. The Morgan fingerprint density at radius 1 is 1.56 bits per heavy atom. The van der Waals surface area contributed by atoms with Gasteiger partial charge in [-0.05, 0) is 6.42 Å². The Morgan fingerprint density at radius 3 is 2.44 bits per heavy atom. The van der Waals surface area contributed by atoms with E-state index in [-0.39, 0.29) is 26.2 Å². The fourth-order valence-corrected chi connectivity index (χ4v) is 0.389. The van der Waals surface area contributed by atoms with Gasteiger partial charge in [-0.1, -0.05) is 13.8 Å². The zero-order chi connectivity index (χ0) is 6.41. The third-order valence-corrected chi connectivity index (χ3v) is 0.893. The Bertz CT molecular complexity index is 80.1. The normalized spacial score (nSPS) is 7.78. The molecule has 0 unspecified atom stereocenters. The molecule has 0 aromatic carbocycles. The van der Waals surface area contributed by atoms with E-state index in [4.69, 9.17) is 0 Å². The molecule has 0 bridgehead atoms. The zero-order valence-electron chi connectivity index (χ0n) is 7.53. The average molecular weight is 123 g/mol. The Balaban J connectivity index is -0.000000245. The van der Waals surface area contributed by atoms with Gasteiger partial charge in [0.25, 0.3) is 0 Å². The number of carbonyl (C=O) groups excluding carboxylic acids is 1. The molecule has 0 radical (unpaired) electrons. The van der Waals surface area contributed by atoms with Crippen LogP contribution in [0.25, 0.3) is 0 Å². The first-order valence-electron chi connectivity index (χ1n) is 3.08. The van der Waals surface area contributed by atoms with Crippen molar-refractivity contribution >= 4 is 5.91 Å². The minimum atomic E-state index is 0. The second-order valence-electron chi connectivity index (χ2n) is 1.70. The second kappa shape index (κ2) is 8.07. The second-order valence-corrected chi connectivity index (χ2v) is 1.70. The molecule has 50 valence electrons. The number of hydrogen-bond acceptors (Lipinski definition) is 1. The maximum Gasteiger partial charge on any atom is 1.00 e. The Morgan fingerprint density at radius 2 is 2.11 bits per heavy atom. The van der Waals surface area contributed by atoms with Crippen LogP contribution in [0.5, 0.6) is 0 Å². The van der Waals surface area contributed by atoms with E-state index >= 15 is 0 Å². The fraction of sp³-hybridized carbons (Fsp3) is 0.833. The molecule has 0 spiro atoms. The standard InChI is InChI=1S/C6H13NO.Li.H/c1-3-5-7-6(8)4-2;;/h3-5H2,1-2H3,(H,7,8);;/q;+1;-1. The smallest absolute Gasteiger partial charge is 1.00 e. The molecule has 1 amide bonds. The van der Waals surface area contributed by atoms with Gasteiger partial charge in [0.15, 0.2) is 0 Å². The fourth-order valence-electron chi connectivity index (χ4n) is 0.389. The first kappa shape index (κ1) is 11.8. The van der Waals surface area contributed by atoms with Crippen LogP contribution in [0, 0.1) is 0 Å². The minimum absolute atomic E-state index is 0. The maximum atomic E-state index is 10.5. The van der Waals surface area contributed by atoms with E-state index in [0.717, 1.165) is 13.0 Å². The molecular formula is C6H14LiNO. The Labute approximate surface area is 70.1 Å². The summed E-state index contributed by atoms with van der Waals surface area (Å²) in [7, 11) is 0. The summed E-state index contributed by atoms with van der Waals surface area (Å²) in [6.45, 7) is 4.70. The van der Waals surface area contributed by atoms with E-state index in [2.05, 4.69) is 5.32 Å². The molecule has 0 aliphatic carbocycles. The van der Waals surface area contributed by atoms with Crippen molar-refractivity contribution in [3.63, 3.8) is 0 Å². The van der Waals surface area contributed by atoms with E-state index in [1.165, 1.54) is 0 Å². The van der Waals surface area contributed by atoms with Crippen LogP contribution in [0.1, 0.15) is 28.1 Å². The van der Waals surface area contributed by atoms with Gasteiger partial charge in [-0.25, -0.2) is 0 Å². The molecule has 0 aliphatic heterocycles. The van der Waals surface area contributed by atoms with Crippen molar-refractivity contribution in [2.45, 2.75) is 26.7 Å². The molecule has 2 nitrogen and oxygen atoms in total. The Hall–Kier alpha value is 0.0674. The monoisotopic (exact) mass is 123 g/mol. The van der Waals surface area contributed by atoms with Crippen molar-refractivity contribution in [1.29, 1.82) is 0 Å². The quantitative estimate of drug-likeness (QED) is 0.434. The largest absolute Gasteiger partial charge is 1.00 e. The molecular weight excluding hydrogens is 109 g/mol. The molecule has 0 rings (SSSR count). The first-order chi connectivity index (χ1) is 3.81. The topological polar surface area (TPSA) is 29.1 Å². The number of carbonyl (C=O) groups is 1. The van der Waals surface area contributed by atoms with E-state index < -0.39 is 0 Å². The van der Waals surface area contributed by atoms with E-state index in [9.17, 15) is 4.79 Å². The van der Waals surface area contributed by atoms with Crippen LogP contribution >= 0.6 is 0 Å². The third kappa shape index (κ3) is 8.07. The first-order valence-corrected chi connectivity index (χ1v) is 3.08. The van der Waals surface area contributed by atoms with E-state index in [1.807, 2.05) is 13.8 Å². The summed E-state index contributed by atoms with van der Waals surface area (Å²) in [4.78, 5) is 10.5.